The Morgan fingerprint density at radius 2 is 1.74 bits per heavy atom. The summed E-state index contributed by atoms with van der Waals surface area (Å²) in [6.45, 7) is 10.8. The van der Waals surface area contributed by atoms with Gasteiger partial charge in [-0.3, -0.25) is 14.6 Å². The average Bonchev–Trinajstić information content (AvgIpc) is 3.43. The average molecular weight is 487 g/mol. The predicted molar refractivity (Wildman–Crippen MR) is 133 cm³/mol. The molecular weight excluding hydrogens is 448 g/mol. The molecule has 9 heteroatoms. The molecule has 3 aliphatic rings. The Morgan fingerprint density at radius 3 is 2.47 bits per heavy atom. The monoisotopic (exact) mass is 486 g/mol. The van der Waals surface area contributed by atoms with Crippen molar-refractivity contribution in [2.24, 2.45) is 5.92 Å². The Hall–Kier alpha value is -1.81. The molecule has 2 fully saturated rings. The van der Waals surface area contributed by atoms with Crippen LogP contribution in [0.4, 0.5) is 0 Å². The lowest BCUT2D eigenvalue weighted by molar-refractivity contribution is -0.128. The molecule has 2 saturated heterocycles. The van der Waals surface area contributed by atoms with Crippen LogP contribution in [0.3, 0.4) is 0 Å². The summed E-state index contributed by atoms with van der Waals surface area (Å²) in [4.78, 5) is 20.7. The number of likely N-dealkylation sites (tertiary alicyclic amines) is 1. The Balaban J connectivity index is 1.14. The number of amides is 1. The van der Waals surface area contributed by atoms with E-state index >= 15 is 0 Å². The lowest BCUT2D eigenvalue weighted by Crippen LogP contribution is -2.36. The number of nitrogens with zero attached hydrogens (tertiary/aromatic N) is 5. The fraction of sp³-hybridized carbons (Fsp3) is 0.720. The molecule has 1 amide bonds. The van der Waals surface area contributed by atoms with Crippen LogP contribution in [0, 0.1) is 5.92 Å². The van der Waals surface area contributed by atoms with Gasteiger partial charge < -0.3 is 14.6 Å². The summed E-state index contributed by atoms with van der Waals surface area (Å²) in [5.74, 6) is 2.06. The van der Waals surface area contributed by atoms with Gasteiger partial charge in [0.15, 0.2) is 5.82 Å². The van der Waals surface area contributed by atoms with Crippen molar-refractivity contribution in [1.29, 1.82) is 0 Å². The zero-order valence-corrected chi connectivity index (χ0v) is 21.2. The van der Waals surface area contributed by atoms with Crippen LogP contribution >= 0.6 is 11.3 Å². The lowest BCUT2D eigenvalue weighted by Gasteiger charge is -2.25. The van der Waals surface area contributed by atoms with E-state index in [2.05, 4.69) is 42.0 Å². The summed E-state index contributed by atoms with van der Waals surface area (Å²) in [6, 6.07) is 4.49. The smallest absolute Gasteiger partial charge is 0.223 e. The molecule has 0 saturated carbocycles. The third kappa shape index (κ3) is 5.87. The van der Waals surface area contributed by atoms with Crippen molar-refractivity contribution < 1.29 is 9.53 Å². The molecule has 0 bridgehead atoms. The minimum Gasteiger partial charge on any atom is -0.381 e. The Morgan fingerprint density at radius 1 is 1.03 bits per heavy atom. The maximum Gasteiger partial charge on any atom is 0.223 e. The molecule has 186 valence electrons. The highest BCUT2D eigenvalue weighted by Crippen LogP contribution is 2.23. The molecular formula is C25H38N6O2S. The van der Waals surface area contributed by atoms with Crippen LogP contribution in [-0.4, -0.2) is 69.9 Å². The van der Waals surface area contributed by atoms with Crippen molar-refractivity contribution >= 4 is 17.2 Å². The van der Waals surface area contributed by atoms with Gasteiger partial charge in [-0.25, -0.2) is 0 Å². The molecule has 0 aromatic carbocycles. The minimum absolute atomic E-state index is 0.0452. The van der Waals surface area contributed by atoms with Crippen molar-refractivity contribution in [3.05, 3.63) is 33.5 Å². The first-order valence-corrected chi connectivity index (χ1v) is 13.8. The molecule has 1 N–H and O–H groups in total. The lowest BCUT2D eigenvalue weighted by atomic mass is 9.99. The van der Waals surface area contributed by atoms with Crippen LogP contribution in [0.2, 0.25) is 0 Å². The molecule has 2 aromatic heterocycles. The first-order valence-electron chi connectivity index (χ1n) is 13.0. The number of fused-ring (bicyclic) bond motifs is 1. The molecule has 0 unspecified atom stereocenters. The van der Waals surface area contributed by atoms with Gasteiger partial charge >= 0.3 is 0 Å². The SMILES string of the molecule is C[C@H](NC(=O)C1CCOCC1)c1nnc2n1CCN(Cc1ccc(CN3CCCCC3)s1)CC2. The number of thiophene rings is 1. The maximum absolute atomic E-state index is 12.7. The summed E-state index contributed by atoms with van der Waals surface area (Å²) in [5, 5.41) is 12.1. The molecule has 0 aliphatic carbocycles. The molecule has 1 atom stereocenters. The number of rotatable bonds is 7. The topological polar surface area (TPSA) is 75.5 Å². The zero-order chi connectivity index (χ0) is 23.3. The van der Waals surface area contributed by atoms with E-state index in [4.69, 9.17) is 4.74 Å². The van der Waals surface area contributed by atoms with Crippen LogP contribution in [0.15, 0.2) is 12.1 Å². The normalized spacial score (nSPS) is 21.7. The highest BCUT2D eigenvalue weighted by molar-refractivity contribution is 7.11. The minimum atomic E-state index is -0.141. The molecule has 3 aliphatic heterocycles. The second-order valence-electron chi connectivity index (χ2n) is 9.97. The highest BCUT2D eigenvalue weighted by atomic mass is 32.1. The summed E-state index contributed by atoms with van der Waals surface area (Å²) < 4.78 is 7.62. The van der Waals surface area contributed by atoms with Gasteiger partial charge in [0, 0.05) is 68.0 Å². The van der Waals surface area contributed by atoms with Crippen LogP contribution in [-0.2, 0) is 35.6 Å². The molecule has 0 spiro atoms. The van der Waals surface area contributed by atoms with Gasteiger partial charge in [0.05, 0.1) is 6.04 Å². The van der Waals surface area contributed by atoms with Crippen molar-refractivity contribution in [2.45, 2.75) is 71.1 Å². The van der Waals surface area contributed by atoms with E-state index in [0.29, 0.717) is 13.2 Å². The summed E-state index contributed by atoms with van der Waals surface area (Å²) in [7, 11) is 0. The maximum atomic E-state index is 12.7. The van der Waals surface area contributed by atoms with Crippen molar-refractivity contribution in [3.63, 3.8) is 0 Å². The number of ether oxygens (including phenoxy) is 1. The van der Waals surface area contributed by atoms with E-state index in [1.165, 1.54) is 42.1 Å². The zero-order valence-electron chi connectivity index (χ0n) is 20.4. The van der Waals surface area contributed by atoms with Gasteiger partial charge in [0.2, 0.25) is 5.91 Å². The quantitative estimate of drug-likeness (QED) is 0.649. The third-order valence-electron chi connectivity index (χ3n) is 7.41. The Bertz CT molecular complexity index is 947. The fourth-order valence-electron chi connectivity index (χ4n) is 5.37. The van der Waals surface area contributed by atoms with Gasteiger partial charge in [-0.1, -0.05) is 6.42 Å². The van der Waals surface area contributed by atoms with Crippen molar-refractivity contribution in [2.75, 3.05) is 39.4 Å². The van der Waals surface area contributed by atoms with Gasteiger partial charge in [-0.05, 0) is 57.8 Å². The fourth-order valence-corrected chi connectivity index (χ4v) is 6.48. The number of piperidine rings is 1. The second-order valence-corrected chi connectivity index (χ2v) is 11.2. The van der Waals surface area contributed by atoms with Gasteiger partial charge in [0.25, 0.3) is 0 Å². The molecule has 34 heavy (non-hydrogen) atoms. The highest BCUT2D eigenvalue weighted by Gasteiger charge is 2.26. The van der Waals surface area contributed by atoms with Gasteiger partial charge in [0.1, 0.15) is 5.82 Å². The van der Waals surface area contributed by atoms with Crippen LogP contribution in [0.1, 0.15) is 66.5 Å². The molecule has 5 rings (SSSR count). The van der Waals surface area contributed by atoms with E-state index in [-0.39, 0.29) is 17.9 Å². The second kappa shape index (κ2) is 11.3. The molecule has 5 heterocycles. The first-order chi connectivity index (χ1) is 16.7. The van der Waals surface area contributed by atoms with Gasteiger partial charge in [-0.15, -0.1) is 21.5 Å². The summed E-state index contributed by atoms with van der Waals surface area (Å²) >= 11 is 1.97. The van der Waals surface area contributed by atoms with E-state index in [0.717, 1.165) is 63.6 Å². The van der Waals surface area contributed by atoms with E-state index in [9.17, 15) is 4.79 Å². The predicted octanol–water partition coefficient (Wildman–Crippen LogP) is 2.99. The number of hydrogen-bond donors (Lipinski definition) is 1. The third-order valence-corrected chi connectivity index (χ3v) is 8.47. The van der Waals surface area contributed by atoms with Crippen molar-refractivity contribution in [1.82, 2.24) is 29.9 Å². The van der Waals surface area contributed by atoms with Crippen LogP contribution < -0.4 is 5.32 Å². The number of aromatic nitrogens is 3. The summed E-state index contributed by atoms with van der Waals surface area (Å²) in [5.41, 5.74) is 0. The number of carbonyl (C=O) groups is 1. The van der Waals surface area contributed by atoms with Crippen LogP contribution in [0.5, 0.6) is 0 Å². The number of hydrogen-bond acceptors (Lipinski definition) is 7. The molecule has 8 nitrogen and oxygen atoms in total. The Labute approximate surface area is 206 Å². The first kappa shape index (κ1) is 23.9. The number of carbonyl (C=O) groups excluding carboxylic acids is 1. The van der Waals surface area contributed by atoms with Gasteiger partial charge in [-0.2, -0.15) is 0 Å². The summed E-state index contributed by atoms with van der Waals surface area (Å²) in [6.07, 6.45) is 6.56. The van der Waals surface area contributed by atoms with E-state index in [1.807, 2.05) is 18.3 Å². The number of nitrogens with one attached hydrogen (secondary N) is 1. The Kier molecular flexibility index (Phi) is 7.94. The van der Waals surface area contributed by atoms with Crippen molar-refractivity contribution in [3.8, 4) is 0 Å². The van der Waals surface area contributed by atoms with E-state index < -0.39 is 0 Å². The standard InChI is InChI=1S/C25H38N6O2S/c1-19(26-25(32)20-8-15-33-16-9-20)24-28-27-23-7-12-30(13-14-31(23)24)18-22-6-5-21(34-22)17-29-10-3-2-4-11-29/h5-6,19-20H,2-4,7-18H2,1H3,(H,26,32)/t19-/m0/s1. The largest absolute Gasteiger partial charge is 0.381 e. The van der Waals surface area contributed by atoms with Crippen LogP contribution in [0.25, 0.3) is 0 Å². The molecule has 2 aromatic rings. The molecule has 0 radical (unpaired) electrons. The van der Waals surface area contributed by atoms with E-state index in [1.54, 1.807) is 0 Å².